The number of carbonyl (C=O) groups excluding carboxylic acids is 2. The number of rotatable bonds is 6. The van der Waals surface area contributed by atoms with Crippen LogP contribution in [0.2, 0.25) is 0 Å². The number of ether oxygens (including phenoxy) is 1. The Balaban J connectivity index is 1.81. The van der Waals surface area contributed by atoms with Gasteiger partial charge in [-0.15, -0.1) is 0 Å². The summed E-state index contributed by atoms with van der Waals surface area (Å²) in [6.45, 7) is 2.19. The molecule has 0 fully saturated rings. The first kappa shape index (κ1) is 14.7. The van der Waals surface area contributed by atoms with Crippen LogP contribution in [0.15, 0.2) is 34.3 Å². The quantitative estimate of drug-likeness (QED) is 0.553. The van der Waals surface area contributed by atoms with E-state index in [1.807, 2.05) is 18.2 Å². The zero-order valence-corrected chi connectivity index (χ0v) is 12.1. The fourth-order valence-corrected chi connectivity index (χ4v) is 2.60. The van der Waals surface area contributed by atoms with Gasteiger partial charge in [0.2, 0.25) is 0 Å². The highest BCUT2D eigenvalue weighted by Gasteiger charge is 2.25. The van der Waals surface area contributed by atoms with Crippen LogP contribution < -0.4 is 0 Å². The molecule has 0 aromatic carbocycles. The van der Waals surface area contributed by atoms with E-state index in [0.717, 1.165) is 5.71 Å². The van der Waals surface area contributed by atoms with Crippen LogP contribution in [0.3, 0.4) is 0 Å². The number of fused-ring (bicyclic) bond motifs is 1. The molecule has 0 bridgehead atoms. The molecular formula is C14H16N2O3S. The lowest BCUT2D eigenvalue weighted by Crippen LogP contribution is -2.27. The van der Waals surface area contributed by atoms with Gasteiger partial charge in [0.15, 0.2) is 0 Å². The van der Waals surface area contributed by atoms with Crippen molar-refractivity contribution in [3.05, 3.63) is 24.3 Å². The van der Waals surface area contributed by atoms with E-state index in [2.05, 4.69) is 9.98 Å². The Labute approximate surface area is 121 Å². The van der Waals surface area contributed by atoms with Gasteiger partial charge < -0.3 is 4.74 Å². The van der Waals surface area contributed by atoms with Crippen LogP contribution in [0.1, 0.15) is 13.3 Å². The fourth-order valence-electron chi connectivity index (χ4n) is 1.83. The minimum absolute atomic E-state index is 0.170. The van der Waals surface area contributed by atoms with Crippen molar-refractivity contribution in [3.63, 3.8) is 0 Å². The molecule has 20 heavy (non-hydrogen) atoms. The minimum Gasteiger partial charge on any atom is -0.466 e. The van der Waals surface area contributed by atoms with E-state index in [4.69, 9.17) is 4.74 Å². The number of carbonyl (C=O) groups is 2. The van der Waals surface area contributed by atoms with Crippen molar-refractivity contribution in [1.82, 2.24) is 0 Å². The number of amides is 1. The molecule has 2 aliphatic rings. The molecule has 0 aromatic heterocycles. The first-order valence-corrected chi connectivity index (χ1v) is 7.64. The Morgan fingerprint density at radius 3 is 3.05 bits per heavy atom. The predicted octanol–water partition coefficient (Wildman–Crippen LogP) is 1.79. The molecule has 5 nitrogen and oxygen atoms in total. The van der Waals surface area contributed by atoms with Crippen LogP contribution in [0, 0.1) is 5.92 Å². The third-order valence-corrected chi connectivity index (χ3v) is 3.71. The molecule has 0 saturated heterocycles. The number of aliphatic imine (C=N–C) groups is 2. The van der Waals surface area contributed by atoms with Gasteiger partial charge in [-0.05, 0) is 13.0 Å². The van der Waals surface area contributed by atoms with Gasteiger partial charge in [-0.1, -0.05) is 18.2 Å². The van der Waals surface area contributed by atoms with Crippen molar-refractivity contribution in [2.75, 3.05) is 18.1 Å². The van der Waals surface area contributed by atoms with Crippen LogP contribution in [-0.4, -0.2) is 41.5 Å². The summed E-state index contributed by atoms with van der Waals surface area (Å²) in [6, 6.07) is 0. The van der Waals surface area contributed by atoms with E-state index in [0.29, 0.717) is 30.4 Å². The molecular weight excluding hydrogens is 276 g/mol. The number of amidine groups is 1. The van der Waals surface area contributed by atoms with Crippen LogP contribution in [0.4, 0.5) is 0 Å². The van der Waals surface area contributed by atoms with E-state index in [1.165, 1.54) is 11.8 Å². The summed E-state index contributed by atoms with van der Waals surface area (Å²) in [5.74, 6) is 0.989. The smallest absolute Gasteiger partial charge is 0.306 e. The standard InChI is InChI=1S/C14H16N2O3S/c1-2-19-13(17)7-8-20-9-12-15-11-6-4-3-5-10(11)14(18)16-12/h3-6,10H,2,7-9H2,1H3. The molecule has 1 unspecified atom stereocenters. The molecule has 0 saturated carbocycles. The van der Waals surface area contributed by atoms with E-state index in [1.54, 1.807) is 13.0 Å². The van der Waals surface area contributed by atoms with Gasteiger partial charge in [-0.25, -0.2) is 4.99 Å². The first-order chi connectivity index (χ1) is 9.70. The third-order valence-electron chi connectivity index (χ3n) is 2.75. The van der Waals surface area contributed by atoms with Crippen molar-refractivity contribution < 1.29 is 14.3 Å². The molecule has 1 atom stereocenters. The van der Waals surface area contributed by atoms with Crippen LogP contribution >= 0.6 is 11.8 Å². The largest absolute Gasteiger partial charge is 0.466 e. The molecule has 106 valence electrons. The Hall–Kier alpha value is -1.69. The van der Waals surface area contributed by atoms with Gasteiger partial charge in [-0.2, -0.15) is 16.8 Å². The number of hydrogen-bond donors (Lipinski definition) is 0. The first-order valence-electron chi connectivity index (χ1n) is 6.49. The zero-order valence-electron chi connectivity index (χ0n) is 11.2. The molecule has 0 spiro atoms. The highest BCUT2D eigenvalue weighted by molar-refractivity contribution is 7.99. The summed E-state index contributed by atoms with van der Waals surface area (Å²) >= 11 is 1.52. The maximum Gasteiger partial charge on any atom is 0.306 e. The van der Waals surface area contributed by atoms with E-state index >= 15 is 0 Å². The summed E-state index contributed by atoms with van der Waals surface area (Å²) in [6.07, 6.45) is 7.69. The van der Waals surface area contributed by atoms with E-state index < -0.39 is 0 Å². The molecule has 1 amide bonds. The summed E-state index contributed by atoms with van der Waals surface area (Å²) in [5, 5.41) is 0. The van der Waals surface area contributed by atoms with Gasteiger partial charge in [0.05, 0.1) is 24.5 Å². The highest BCUT2D eigenvalue weighted by atomic mass is 32.2. The molecule has 1 heterocycles. The minimum atomic E-state index is -0.326. The van der Waals surface area contributed by atoms with Crippen LogP contribution in [-0.2, 0) is 14.3 Å². The number of hydrogen-bond acceptors (Lipinski definition) is 5. The highest BCUT2D eigenvalue weighted by Crippen LogP contribution is 2.17. The monoisotopic (exact) mass is 292 g/mol. The average Bonchev–Trinajstić information content (AvgIpc) is 2.44. The molecule has 2 rings (SSSR count). The summed E-state index contributed by atoms with van der Waals surface area (Å²) in [4.78, 5) is 31.4. The third kappa shape index (κ3) is 3.90. The lowest BCUT2D eigenvalue weighted by Gasteiger charge is -2.17. The maximum atomic E-state index is 11.8. The molecule has 0 aromatic rings. The molecule has 6 heteroatoms. The van der Waals surface area contributed by atoms with E-state index in [9.17, 15) is 9.59 Å². The van der Waals surface area contributed by atoms with E-state index in [-0.39, 0.29) is 17.8 Å². The Kier molecular flexibility index (Phi) is 5.29. The summed E-state index contributed by atoms with van der Waals surface area (Å²) < 4.78 is 4.84. The van der Waals surface area contributed by atoms with Gasteiger partial charge >= 0.3 is 5.97 Å². The second kappa shape index (κ2) is 7.19. The van der Waals surface area contributed by atoms with Crippen molar-refractivity contribution in [1.29, 1.82) is 0 Å². The number of esters is 1. The normalized spacial score (nSPS) is 20.2. The Morgan fingerprint density at radius 1 is 1.40 bits per heavy atom. The molecule has 0 radical (unpaired) electrons. The van der Waals surface area contributed by atoms with Gasteiger partial charge in [0.1, 0.15) is 11.8 Å². The number of nitrogens with zero attached hydrogens (tertiary/aromatic N) is 2. The van der Waals surface area contributed by atoms with Crippen LogP contribution in [0.5, 0.6) is 0 Å². The Morgan fingerprint density at radius 2 is 2.25 bits per heavy atom. The number of thioether (sulfide) groups is 1. The molecule has 1 aliphatic heterocycles. The summed E-state index contributed by atoms with van der Waals surface area (Å²) in [7, 11) is 0. The second-order valence-corrected chi connectivity index (χ2v) is 5.34. The lowest BCUT2D eigenvalue weighted by molar-refractivity contribution is -0.142. The lowest BCUT2D eigenvalue weighted by atomic mass is 9.97. The SMILES string of the molecule is CCOC(=O)CCSCC1=NC(=O)C2C=CC=CC2=N1. The van der Waals surface area contributed by atoms with Gasteiger partial charge in [0, 0.05) is 5.75 Å². The van der Waals surface area contributed by atoms with Crippen molar-refractivity contribution in [3.8, 4) is 0 Å². The van der Waals surface area contributed by atoms with Crippen molar-refractivity contribution >= 4 is 35.2 Å². The van der Waals surface area contributed by atoms with Crippen molar-refractivity contribution in [2.45, 2.75) is 13.3 Å². The second-order valence-electron chi connectivity index (χ2n) is 4.23. The topological polar surface area (TPSA) is 68.1 Å². The Bertz CT molecular complexity index is 521. The fraction of sp³-hybridized carbons (Fsp3) is 0.429. The summed E-state index contributed by atoms with van der Waals surface area (Å²) in [5.41, 5.74) is 0.744. The average molecular weight is 292 g/mol. The van der Waals surface area contributed by atoms with Crippen LogP contribution in [0.25, 0.3) is 0 Å². The van der Waals surface area contributed by atoms with Gasteiger partial charge in [0.25, 0.3) is 5.91 Å². The number of allylic oxidation sites excluding steroid dienone is 3. The maximum absolute atomic E-state index is 11.8. The molecule has 1 aliphatic carbocycles. The zero-order chi connectivity index (χ0) is 14.4. The predicted molar refractivity (Wildman–Crippen MR) is 80.2 cm³/mol. The van der Waals surface area contributed by atoms with Crippen molar-refractivity contribution in [2.24, 2.45) is 15.9 Å². The molecule has 0 N–H and O–H groups in total. The van der Waals surface area contributed by atoms with Gasteiger partial charge in [-0.3, -0.25) is 9.59 Å².